The maximum atomic E-state index is 12.9. The second-order valence-electron chi connectivity index (χ2n) is 4.71. The van der Waals surface area contributed by atoms with Crippen molar-refractivity contribution in [3.8, 4) is 0 Å². The Labute approximate surface area is 99.3 Å². The molecule has 2 N–H and O–H groups in total. The van der Waals surface area contributed by atoms with Crippen molar-refractivity contribution in [1.29, 1.82) is 0 Å². The maximum absolute atomic E-state index is 12.9. The zero-order chi connectivity index (χ0) is 13.1. The van der Waals surface area contributed by atoms with E-state index in [-0.39, 0.29) is 25.1 Å². The number of nitrogens with one attached hydrogen (secondary N) is 1. The van der Waals surface area contributed by atoms with Gasteiger partial charge in [0.05, 0.1) is 6.42 Å². The van der Waals surface area contributed by atoms with E-state index in [9.17, 15) is 13.6 Å². The van der Waals surface area contributed by atoms with Gasteiger partial charge in [-0.05, 0) is 12.3 Å². The van der Waals surface area contributed by atoms with Crippen molar-refractivity contribution in [3.05, 3.63) is 0 Å². The number of halogens is 2. The topological polar surface area (TPSA) is 58.6 Å². The Morgan fingerprint density at radius 2 is 2.24 bits per heavy atom. The second-order valence-corrected chi connectivity index (χ2v) is 4.71. The molecular weight excluding hydrogens is 232 g/mol. The number of hydrogen-bond donors (Lipinski definition) is 2. The van der Waals surface area contributed by atoms with Gasteiger partial charge in [-0.2, -0.15) is 8.78 Å². The number of carbonyl (C=O) groups excluding carboxylic acids is 1. The van der Waals surface area contributed by atoms with Gasteiger partial charge in [0.2, 0.25) is 0 Å². The SMILES string of the molecule is CC(C)C(CCO)NCC1CC(F)(F)C(=O)O1. The molecule has 0 radical (unpaired) electrons. The van der Waals surface area contributed by atoms with Crippen LogP contribution in [0.1, 0.15) is 26.7 Å². The fourth-order valence-corrected chi connectivity index (χ4v) is 1.86. The number of rotatable bonds is 6. The van der Waals surface area contributed by atoms with Crippen LogP contribution in [0.5, 0.6) is 0 Å². The van der Waals surface area contributed by atoms with Crippen molar-refractivity contribution >= 4 is 5.97 Å². The van der Waals surface area contributed by atoms with E-state index in [0.29, 0.717) is 6.42 Å². The first-order valence-electron chi connectivity index (χ1n) is 5.80. The number of alkyl halides is 2. The molecule has 100 valence electrons. The summed E-state index contributed by atoms with van der Waals surface area (Å²) in [6.45, 7) is 4.19. The van der Waals surface area contributed by atoms with Crippen molar-refractivity contribution in [2.45, 2.75) is 44.8 Å². The van der Waals surface area contributed by atoms with E-state index in [1.165, 1.54) is 0 Å². The zero-order valence-corrected chi connectivity index (χ0v) is 10.1. The van der Waals surface area contributed by atoms with E-state index in [0.717, 1.165) is 0 Å². The van der Waals surface area contributed by atoms with E-state index >= 15 is 0 Å². The number of aliphatic hydroxyl groups excluding tert-OH is 1. The molecule has 1 heterocycles. The number of esters is 1. The number of hydrogen-bond acceptors (Lipinski definition) is 4. The van der Waals surface area contributed by atoms with Crippen molar-refractivity contribution in [2.75, 3.05) is 13.2 Å². The Morgan fingerprint density at radius 1 is 1.59 bits per heavy atom. The number of ether oxygens (including phenoxy) is 1. The molecule has 2 unspecified atom stereocenters. The van der Waals surface area contributed by atoms with Gasteiger partial charge in [0, 0.05) is 19.2 Å². The molecule has 0 aromatic heterocycles. The molecule has 0 aliphatic carbocycles. The van der Waals surface area contributed by atoms with E-state index in [4.69, 9.17) is 5.11 Å². The van der Waals surface area contributed by atoms with Gasteiger partial charge in [-0.1, -0.05) is 13.8 Å². The van der Waals surface area contributed by atoms with Crippen molar-refractivity contribution < 1.29 is 23.4 Å². The van der Waals surface area contributed by atoms with Crippen molar-refractivity contribution in [2.24, 2.45) is 5.92 Å². The van der Waals surface area contributed by atoms with Gasteiger partial charge in [-0.25, -0.2) is 4.79 Å². The van der Waals surface area contributed by atoms with Gasteiger partial charge in [-0.3, -0.25) is 0 Å². The standard InChI is InChI=1S/C11H19F2NO3/c1-7(2)9(3-4-15)14-6-8-5-11(12,13)10(16)17-8/h7-9,14-15H,3-6H2,1-2H3. The van der Waals surface area contributed by atoms with Gasteiger partial charge in [0.1, 0.15) is 6.10 Å². The van der Waals surface area contributed by atoms with Gasteiger partial charge in [-0.15, -0.1) is 0 Å². The molecule has 1 aliphatic rings. The van der Waals surface area contributed by atoms with Gasteiger partial charge in [0.15, 0.2) is 0 Å². The summed E-state index contributed by atoms with van der Waals surface area (Å²) in [7, 11) is 0. The highest BCUT2D eigenvalue weighted by atomic mass is 19.3. The van der Waals surface area contributed by atoms with E-state index in [2.05, 4.69) is 10.1 Å². The fourth-order valence-electron chi connectivity index (χ4n) is 1.86. The fraction of sp³-hybridized carbons (Fsp3) is 0.909. The Balaban J connectivity index is 2.38. The predicted octanol–water partition coefficient (Wildman–Crippen LogP) is 0.934. The number of carbonyl (C=O) groups is 1. The number of aliphatic hydroxyl groups is 1. The molecule has 0 aromatic rings. The van der Waals surface area contributed by atoms with Crippen LogP contribution in [0.2, 0.25) is 0 Å². The molecule has 0 bridgehead atoms. The Kier molecular flexibility index (Phi) is 4.82. The van der Waals surface area contributed by atoms with Crippen molar-refractivity contribution in [3.63, 3.8) is 0 Å². The summed E-state index contributed by atoms with van der Waals surface area (Å²) in [5, 5.41) is 11.9. The Morgan fingerprint density at radius 3 is 2.65 bits per heavy atom. The van der Waals surface area contributed by atoms with Gasteiger partial charge < -0.3 is 15.2 Å². The first kappa shape index (κ1) is 14.3. The monoisotopic (exact) mass is 251 g/mol. The smallest absolute Gasteiger partial charge is 0.377 e. The highest BCUT2D eigenvalue weighted by molar-refractivity contribution is 5.79. The highest BCUT2D eigenvalue weighted by Gasteiger charge is 2.50. The molecule has 0 saturated carbocycles. The lowest BCUT2D eigenvalue weighted by Crippen LogP contribution is -2.39. The summed E-state index contributed by atoms with van der Waals surface area (Å²) in [4.78, 5) is 10.8. The van der Waals surface area contributed by atoms with Crippen LogP contribution in [0.3, 0.4) is 0 Å². The van der Waals surface area contributed by atoms with E-state index in [1.807, 2.05) is 13.8 Å². The van der Waals surface area contributed by atoms with Crippen LogP contribution in [-0.4, -0.2) is 42.3 Å². The first-order valence-corrected chi connectivity index (χ1v) is 5.80. The predicted molar refractivity (Wildman–Crippen MR) is 57.8 cm³/mol. The molecule has 0 spiro atoms. The highest BCUT2D eigenvalue weighted by Crippen LogP contribution is 2.30. The first-order chi connectivity index (χ1) is 7.86. The minimum atomic E-state index is -3.35. The summed E-state index contributed by atoms with van der Waals surface area (Å²) < 4.78 is 30.3. The van der Waals surface area contributed by atoms with Crippen LogP contribution in [0, 0.1) is 5.92 Å². The van der Waals surface area contributed by atoms with Crippen LogP contribution in [0.25, 0.3) is 0 Å². The molecule has 4 nitrogen and oxygen atoms in total. The average Bonchev–Trinajstić information content (AvgIpc) is 2.47. The van der Waals surface area contributed by atoms with Crippen molar-refractivity contribution in [1.82, 2.24) is 5.32 Å². The molecule has 1 fully saturated rings. The summed E-state index contributed by atoms with van der Waals surface area (Å²) in [5.74, 6) is -4.51. The molecule has 2 atom stereocenters. The third kappa shape index (κ3) is 3.89. The van der Waals surface area contributed by atoms with Crippen LogP contribution >= 0.6 is 0 Å². The second kappa shape index (κ2) is 5.73. The molecular formula is C11H19F2NO3. The van der Waals surface area contributed by atoms with Gasteiger partial charge >= 0.3 is 11.9 Å². The summed E-state index contributed by atoms with van der Waals surface area (Å²) in [6.07, 6.45) is -0.797. The lowest BCUT2D eigenvalue weighted by atomic mass is 10.0. The largest absolute Gasteiger partial charge is 0.456 e. The summed E-state index contributed by atoms with van der Waals surface area (Å²) in [6, 6.07) is 0.0351. The Hall–Kier alpha value is -0.750. The molecule has 6 heteroatoms. The van der Waals surface area contributed by atoms with E-state index < -0.39 is 24.4 Å². The number of cyclic esters (lactones) is 1. The Bertz CT molecular complexity index is 271. The minimum absolute atomic E-state index is 0.0351. The van der Waals surface area contributed by atoms with Crippen LogP contribution in [0.15, 0.2) is 0 Å². The average molecular weight is 251 g/mol. The van der Waals surface area contributed by atoms with Crippen LogP contribution in [-0.2, 0) is 9.53 Å². The normalized spacial score (nSPS) is 25.1. The zero-order valence-electron chi connectivity index (χ0n) is 10.1. The molecule has 1 saturated heterocycles. The quantitative estimate of drug-likeness (QED) is 0.690. The van der Waals surface area contributed by atoms with E-state index in [1.54, 1.807) is 0 Å². The molecule has 1 aliphatic heterocycles. The summed E-state index contributed by atoms with van der Waals surface area (Å²) >= 11 is 0. The van der Waals surface area contributed by atoms with Gasteiger partial charge in [0.25, 0.3) is 0 Å². The lowest BCUT2D eigenvalue weighted by Gasteiger charge is -2.23. The lowest BCUT2D eigenvalue weighted by molar-refractivity contribution is -0.159. The molecule has 17 heavy (non-hydrogen) atoms. The van der Waals surface area contributed by atoms with Crippen LogP contribution < -0.4 is 5.32 Å². The third-order valence-corrected chi connectivity index (χ3v) is 2.91. The minimum Gasteiger partial charge on any atom is -0.456 e. The molecule has 0 aromatic carbocycles. The maximum Gasteiger partial charge on any atom is 0.377 e. The molecule has 1 rings (SSSR count). The third-order valence-electron chi connectivity index (χ3n) is 2.91. The molecule has 0 amide bonds. The van der Waals surface area contributed by atoms with Crippen LogP contribution in [0.4, 0.5) is 8.78 Å². The summed E-state index contributed by atoms with van der Waals surface area (Å²) in [5.41, 5.74) is 0.